The predicted molar refractivity (Wildman–Crippen MR) is 87.9 cm³/mol. The molecule has 0 aliphatic carbocycles. The lowest BCUT2D eigenvalue weighted by molar-refractivity contribution is 0.0949. The molecule has 2 nitrogen and oxygen atoms in total. The smallest absolute Gasteiger partial charge is 0.255 e. The van der Waals surface area contributed by atoms with Crippen molar-refractivity contribution in [1.82, 2.24) is 5.32 Å². The second kappa shape index (κ2) is 7.95. The molecule has 4 heteroatoms. The molecule has 0 atom stereocenters. The summed E-state index contributed by atoms with van der Waals surface area (Å²) >= 11 is 5.86. The van der Waals surface area contributed by atoms with Gasteiger partial charge in [-0.15, -0.1) is 0 Å². The second-order valence-electron chi connectivity index (χ2n) is 5.30. The van der Waals surface area contributed by atoms with E-state index in [1.165, 1.54) is 29.3 Å². The molecule has 0 spiro atoms. The van der Waals surface area contributed by atoms with Crippen LogP contribution < -0.4 is 5.32 Å². The summed E-state index contributed by atoms with van der Waals surface area (Å²) in [5, 5.41) is 2.85. The van der Waals surface area contributed by atoms with Gasteiger partial charge in [0.2, 0.25) is 0 Å². The van der Waals surface area contributed by atoms with Crippen LogP contribution in [0.1, 0.15) is 34.3 Å². The monoisotopic (exact) mass is 319 g/mol. The average Bonchev–Trinajstić information content (AvgIpc) is 2.48. The van der Waals surface area contributed by atoms with E-state index >= 15 is 0 Å². The minimum absolute atomic E-state index is 0.0808. The lowest BCUT2D eigenvalue weighted by Gasteiger charge is -2.08. The van der Waals surface area contributed by atoms with Crippen LogP contribution >= 0.6 is 11.6 Å². The van der Waals surface area contributed by atoms with Gasteiger partial charge in [0.05, 0.1) is 10.6 Å². The van der Waals surface area contributed by atoms with Crippen molar-refractivity contribution in [2.75, 3.05) is 6.54 Å². The maximum atomic E-state index is 13.6. The zero-order valence-corrected chi connectivity index (χ0v) is 13.3. The van der Waals surface area contributed by atoms with Crippen LogP contribution in [0.2, 0.25) is 5.02 Å². The molecule has 0 bridgehead atoms. The lowest BCUT2D eigenvalue weighted by atomic mass is 10.1. The molecular formula is C18H19ClFNO. The number of hydrogen-bond acceptors (Lipinski definition) is 1. The number of carbonyl (C=O) groups is 1. The SMILES string of the molecule is Cc1ccc(CCCCNC(=O)c2c(F)cccc2Cl)cc1. The van der Waals surface area contributed by atoms with E-state index in [2.05, 4.69) is 36.5 Å². The second-order valence-corrected chi connectivity index (χ2v) is 5.70. The minimum atomic E-state index is -0.593. The highest BCUT2D eigenvalue weighted by Crippen LogP contribution is 2.18. The van der Waals surface area contributed by atoms with E-state index in [0.29, 0.717) is 6.54 Å². The molecule has 1 amide bonds. The summed E-state index contributed by atoms with van der Waals surface area (Å²) < 4.78 is 13.6. The molecule has 2 aromatic rings. The molecule has 0 aromatic heterocycles. The van der Waals surface area contributed by atoms with Crippen LogP contribution in [-0.2, 0) is 6.42 Å². The highest BCUT2D eigenvalue weighted by atomic mass is 35.5. The Hall–Kier alpha value is -1.87. The van der Waals surface area contributed by atoms with E-state index in [-0.39, 0.29) is 10.6 Å². The molecule has 2 aromatic carbocycles. The Kier molecular flexibility index (Phi) is 5.96. The number of carbonyl (C=O) groups excluding carboxylic acids is 1. The van der Waals surface area contributed by atoms with Gasteiger partial charge >= 0.3 is 0 Å². The van der Waals surface area contributed by atoms with E-state index in [1.54, 1.807) is 0 Å². The molecular weight excluding hydrogens is 301 g/mol. The molecule has 2 rings (SSSR count). The third-order valence-corrected chi connectivity index (χ3v) is 3.80. The number of hydrogen-bond donors (Lipinski definition) is 1. The standard InChI is InChI=1S/C18H19ClFNO/c1-13-8-10-14(11-9-13)5-2-3-12-21-18(22)17-15(19)6-4-7-16(17)20/h4,6-11H,2-3,5,12H2,1H3,(H,21,22). The average molecular weight is 320 g/mol. The van der Waals surface area contributed by atoms with Crippen LogP contribution in [0, 0.1) is 12.7 Å². The summed E-state index contributed by atoms with van der Waals surface area (Å²) in [7, 11) is 0. The maximum absolute atomic E-state index is 13.6. The number of benzene rings is 2. The first-order valence-electron chi connectivity index (χ1n) is 7.35. The van der Waals surface area contributed by atoms with Crippen LogP contribution in [0.4, 0.5) is 4.39 Å². The number of amides is 1. The van der Waals surface area contributed by atoms with Gasteiger partial charge in [0, 0.05) is 6.54 Å². The Morgan fingerprint density at radius 2 is 1.86 bits per heavy atom. The Morgan fingerprint density at radius 3 is 2.55 bits per heavy atom. The van der Waals surface area contributed by atoms with E-state index in [1.807, 2.05) is 0 Å². The van der Waals surface area contributed by atoms with Crippen molar-refractivity contribution in [3.05, 3.63) is 70.0 Å². The Labute approximate surface area is 135 Å². The van der Waals surface area contributed by atoms with Crippen LogP contribution in [0.15, 0.2) is 42.5 Å². The number of halogens is 2. The number of rotatable bonds is 6. The molecule has 22 heavy (non-hydrogen) atoms. The highest BCUT2D eigenvalue weighted by Gasteiger charge is 2.14. The molecule has 0 saturated carbocycles. The first kappa shape index (κ1) is 16.5. The van der Waals surface area contributed by atoms with Gasteiger partial charge in [0.25, 0.3) is 5.91 Å². The zero-order valence-electron chi connectivity index (χ0n) is 12.5. The molecule has 0 saturated heterocycles. The van der Waals surface area contributed by atoms with Crippen molar-refractivity contribution in [1.29, 1.82) is 0 Å². The van der Waals surface area contributed by atoms with Crippen molar-refractivity contribution >= 4 is 17.5 Å². The third kappa shape index (κ3) is 4.57. The van der Waals surface area contributed by atoms with Crippen LogP contribution in [-0.4, -0.2) is 12.5 Å². The van der Waals surface area contributed by atoms with Gasteiger partial charge in [-0.05, 0) is 43.9 Å². The van der Waals surface area contributed by atoms with E-state index in [9.17, 15) is 9.18 Å². The van der Waals surface area contributed by atoms with Crippen molar-refractivity contribution < 1.29 is 9.18 Å². The molecule has 0 unspecified atom stereocenters. The van der Waals surface area contributed by atoms with E-state index < -0.39 is 11.7 Å². The molecule has 0 aliphatic heterocycles. The van der Waals surface area contributed by atoms with Gasteiger partial charge in [-0.2, -0.15) is 0 Å². The summed E-state index contributed by atoms with van der Waals surface area (Å²) in [6.07, 6.45) is 2.77. The maximum Gasteiger partial charge on any atom is 0.255 e. The number of unbranched alkanes of at least 4 members (excludes halogenated alkanes) is 1. The Bertz CT molecular complexity index is 620. The van der Waals surface area contributed by atoms with E-state index in [0.717, 1.165) is 19.3 Å². The molecule has 1 N–H and O–H groups in total. The van der Waals surface area contributed by atoms with Gasteiger partial charge < -0.3 is 5.32 Å². The van der Waals surface area contributed by atoms with Crippen molar-refractivity contribution in [3.63, 3.8) is 0 Å². The lowest BCUT2D eigenvalue weighted by Crippen LogP contribution is -2.25. The first-order valence-corrected chi connectivity index (χ1v) is 7.73. The third-order valence-electron chi connectivity index (χ3n) is 3.49. The predicted octanol–water partition coefficient (Wildman–Crippen LogP) is 4.54. The van der Waals surface area contributed by atoms with Crippen LogP contribution in [0.5, 0.6) is 0 Å². The summed E-state index contributed by atoms with van der Waals surface area (Å²) in [6.45, 7) is 2.57. The largest absolute Gasteiger partial charge is 0.352 e. The normalized spacial score (nSPS) is 10.5. The van der Waals surface area contributed by atoms with Gasteiger partial charge in [-0.25, -0.2) is 4.39 Å². The Balaban J connectivity index is 1.74. The number of nitrogens with one attached hydrogen (secondary N) is 1. The van der Waals surface area contributed by atoms with Gasteiger partial charge in [-0.3, -0.25) is 4.79 Å². The fraction of sp³-hybridized carbons (Fsp3) is 0.278. The molecule has 0 heterocycles. The van der Waals surface area contributed by atoms with E-state index in [4.69, 9.17) is 11.6 Å². The van der Waals surface area contributed by atoms with Crippen molar-refractivity contribution in [2.24, 2.45) is 0 Å². The fourth-order valence-corrected chi connectivity index (χ4v) is 2.46. The summed E-state index contributed by atoms with van der Waals surface area (Å²) in [6, 6.07) is 12.7. The summed E-state index contributed by atoms with van der Waals surface area (Å²) in [4.78, 5) is 11.9. The topological polar surface area (TPSA) is 29.1 Å². The zero-order chi connectivity index (χ0) is 15.9. The van der Waals surface area contributed by atoms with Crippen molar-refractivity contribution in [3.8, 4) is 0 Å². The summed E-state index contributed by atoms with van der Waals surface area (Å²) in [5.41, 5.74) is 2.45. The number of aryl methyl sites for hydroxylation is 2. The van der Waals surface area contributed by atoms with Crippen molar-refractivity contribution in [2.45, 2.75) is 26.2 Å². The van der Waals surface area contributed by atoms with Crippen LogP contribution in [0.3, 0.4) is 0 Å². The van der Waals surface area contributed by atoms with Gasteiger partial charge in [0.1, 0.15) is 5.82 Å². The molecule has 0 aliphatic rings. The highest BCUT2D eigenvalue weighted by molar-refractivity contribution is 6.33. The van der Waals surface area contributed by atoms with Crippen LogP contribution in [0.25, 0.3) is 0 Å². The fourth-order valence-electron chi connectivity index (χ4n) is 2.21. The first-order chi connectivity index (χ1) is 10.6. The molecule has 116 valence electrons. The minimum Gasteiger partial charge on any atom is -0.352 e. The Morgan fingerprint density at radius 1 is 1.14 bits per heavy atom. The summed E-state index contributed by atoms with van der Waals surface area (Å²) in [5.74, 6) is -1.05. The molecule has 0 radical (unpaired) electrons. The quantitative estimate of drug-likeness (QED) is 0.778. The van der Waals surface area contributed by atoms with Gasteiger partial charge in [0.15, 0.2) is 0 Å². The van der Waals surface area contributed by atoms with Gasteiger partial charge in [-0.1, -0.05) is 47.5 Å². The molecule has 0 fully saturated rings.